The number of benzene rings is 2. The molecule has 0 unspecified atom stereocenters. The summed E-state index contributed by atoms with van der Waals surface area (Å²) in [6.45, 7) is 1.65. The number of carbonyl (C=O) groups excluding carboxylic acids is 2. The number of hydrogen-bond donors (Lipinski definition) is 0. The van der Waals surface area contributed by atoms with Crippen LogP contribution in [0.5, 0.6) is 5.88 Å². The third-order valence-corrected chi connectivity index (χ3v) is 6.91. The van der Waals surface area contributed by atoms with Crippen molar-refractivity contribution >= 4 is 34.0 Å². The first kappa shape index (κ1) is 23.5. The fourth-order valence-electron chi connectivity index (χ4n) is 5.17. The van der Waals surface area contributed by atoms with Gasteiger partial charge < -0.3 is 9.47 Å². The Morgan fingerprint density at radius 1 is 1.03 bits per heavy atom. The van der Waals surface area contributed by atoms with Crippen molar-refractivity contribution in [1.82, 2.24) is 14.2 Å². The lowest BCUT2D eigenvalue weighted by Crippen LogP contribution is -2.44. The zero-order valence-corrected chi connectivity index (χ0v) is 21.1. The zero-order chi connectivity index (χ0) is 26.6. The third kappa shape index (κ3) is 3.47. The summed E-state index contributed by atoms with van der Waals surface area (Å²) >= 11 is 0. The maximum atomic E-state index is 14.1. The molecule has 4 aromatic rings. The maximum absolute atomic E-state index is 14.1. The van der Waals surface area contributed by atoms with Crippen LogP contribution in [0.15, 0.2) is 71.7 Å². The average Bonchev–Trinajstić information content (AvgIpc) is 3.26. The summed E-state index contributed by atoms with van der Waals surface area (Å²) in [4.78, 5) is 44.6. The van der Waals surface area contributed by atoms with Crippen LogP contribution >= 0.6 is 0 Å². The molecule has 0 bridgehead atoms. The van der Waals surface area contributed by atoms with Crippen molar-refractivity contribution in [2.45, 2.75) is 19.8 Å². The second-order valence-electron chi connectivity index (χ2n) is 9.08. The molecule has 2 aliphatic rings. The Morgan fingerprint density at radius 3 is 2.55 bits per heavy atom. The lowest BCUT2D eigenvalue weighted by atomic mass is 9.96. The molecule has 0 radical (unpaired) electrons. The van der Waals surface area contributed by atoms with Gasteiger partial charge in [-0.15, -0.1) is 0 Å². The standard InChI is InChI=1S/C29H24N4O5/c1-17-30-23-14-20(29(36)38-3)12-13-21(23)28(35)33(17)31-16-24(18-8-5-4-6-9-18)32-25(37-2)15-19-10-7-11-22(26(19)32)27(31)34/h4-6,8-9,11-16H,7,10H2,1-3H3. The fraction of sp³-hybridized carbons (Fsp3) is 0.172. The van der Waals surface area contributed by atoms with Gasteiger partial charge in [0.25, 0.3) is 11.5 Å². The Labute approximate surface area is 217 Å². The van der Waals surface area contributed by atoms with Crippen LogP contribution in [0.25, 0.3) is 22.2 Å². The van der Waals surface area contributed by atoms with Gasteiger partial charge in [0.1, 0.15) is 5.82 Å². The average molecular weight is 509 g/mol. The van der Waals surface area contributed by atoms with E-state index >= 15 is 0 Å². The summed E-state index contributed by atoms with van der Waals surface area (Å²) in [7, 11) is 2.90. The molecule has 0 fully saturated rings. The van der Waals surface area contributed by atoms with Crippen molar-refractivity contribution in [2.24, 2.45) is 0 Å². The van der Waals surface area contributed by atoms with Crippen molar-refractivity contribution in [1.29, 1.82) is 0 Å². The first-order chi connectivity index (χ1) is 18.4. The number of aryl methyl sites for hydroxylation is 2. The van der Waals surface area contributed by atoms with Gasteiger partial charge in [0, 0.05) is 11.6 Å². The van der Waals surface area contributed by atoms with E-state index in [9.17, 15) is 14.4 Å². The van der Waals surface area contributed by atoms with Crippen LogP contribution in [0.4, 0.5) is 0 Å². The molecule has 1 aliphatic carbocycles. The van der Waals surface area contributed by atoms with Crippen molar-refractivity contribution in [3.8, 4) is 5.88 Å². The fourth-order valence-corrected chi connectivity index (χ4v) is 5.17. The van der Waals surface area contributed by atoms with E-state index in [1.807, 2.05) is 47.0 Å². The molecule has 3 heterocycles. The number of esters is 1. The second kappa shape index (κ2) is 8.88. The van der Waals surface area contributed by atoms with Crippen LogP contribution in [-0.2, 0) is 16.0 Å². The number of rotatable bonds is 4. The van der Waals surface area contributed by atoms with Crippen molar-refractivity contribution in [2.75, 3.05) is 19.2 Å². The molecule has 9 heteroatoms. The highest BCUT2D eigenvalue weighted by molar-refractivity contribution is 6.26. The van der Waals surface area contributed by atoms with E-state index in [-0.39, 0.29) is 22.7 Å². The lowest BCUT2D eigenvalue weighted by Gasteiger charge is -2.23. The molecule has 1 amide bonds. The Bertz CT molecular complexity index is 1760. The quantitative estimate of drug-likeness (QED) is 0.391. The van der Waals surface area contributed by atoms with Crippen molar-refractivity contribution in [3.05, 3.63) is 105 Å². The Morgan fingerprint density at radius 2 is 1.82 bits per heavy atom. The topological polar surface area (TPSA) is 95.7 Å². The molecule has 9 nitrogen and oxygen atoms in total. The normalized spacial score (nSPS) is 14.5. The largest absolute Gasteiger partial charge is 0.482 e. The molecule has 6 rings (SSSR count). The van der Waals surface area contributed by atoms with E-state index < -0.39 is 11.5 Å². The van der Waals surface area contributed by atoms with E-state index in [0.717, 1.165) is 23.2 Å². The van der Waals surface area contributed by atoms with E-state index in [0.29, 0.717) is 29.1 Å². The predicted octanol–water partition coefficient (Wildman–Crippen LogP) is 3.66. The molecular formula is C29H24N4O5. The molecule has 190 valence electrons. The third-order valence-electron chi connectivity index (χ3n) is 6.91. The summed E-state index contributed by atoms with van der Waals surface area (Å²) in [5, 5.41) is 1.60. The number of aromatic nitrogens is 3. The maximum Gasteiger partial charge on any atom is 0.337 e. The molecule has 0 atom stereocenters. The zero-order valence-electron chi connectivity index (χ0n) is 21.1. The molecule has 2 aromatic carbocycles. The van der Waals surface area contributed by atoms with E-state index in [1.54, 1.807) is 20.2 Å². The summed E-state index contributed by atoms with van der Waals surface area (Å²) in [5.74, 6) is 0.0151. The van der Waals surface area contributed by atoms with Crippen molar-refractivity contribution < 1.29 is 19.1 Å². The van der Waals surface area contributed by atoms with Crippen LogP contribution in [0.3, 0.4) is 0 Å². The highest BCUT2D eigenvalue weighted by Crippen LogP contribution is 2.40. The minimum atomic E-state index is -0.524. The van der Waals surface area contributed by atoms with Gasteiger partial charge in [-0.2, -0.15) is 4.68 Å². The lowest BCUT2D eigenvalue weighted by molar-refractivity contribution is -0.114. The summed E-state index contributed by atoms with van der Waals surface area (Å²) in [6.07, 6.45) is 5.03. The molecule has 0 saturated heterocycles. The van der Waals surface area contributed by atoms with Gasteiger partial charge in [0.15, 0.2) is 5.88 Å². The summed E-state index contributed by atoms with van der Waals surface area (Å²) < 4.78 is 13.8. The highest BCUT2D eigenvalue weighted by atomic mass is 16.5. The first-order valence-corrected chi connectivity index (χ1v) is 12.1. The smallest absolute Gasteiger partial charge is 0.337 e. The molecule has 0 N–H and O–H groups in total. The predicted molar refractivity (Wildman–Crippen MR) is 142 cm³/mol. The highest BCUT2D eigenvalue weighted by Gasteiger charge is 2.35. The van der Waals surface area contributed by atoms with Crippen LogP contribution in [0.1, 0.15) is 39.4 Å². The Balaban J connectivity index is 1.63. The van der Waals surface area contributed by atoms with Gasteiger partial charge in [-0.1, -0.05) is 36.4 Å². The van der Waals surface area contributed by atoms with E-state index in [4.69, 9.17) is 9.47 Å². The van der Waals surface area contributed by atoms with Gasteiger partial charge in [0.2, 0.25) is 0 Å². The molecule has 38 heavy (non-hydrogen) atoms. The molecule has 1 aliphatic heterocycles. The number of hydrogen-bond acceptors (Lipinski definition) is 6. The minimum absolute atomic E-state index is 0.269. The first-order valence-electron chi connectivity index (χ1n) is 12.1. The number of ether oxygens (including phenoxy) is 2. The van der Waals surface area contributed by atoms with Gasteiger partial charge >= 0.3 is 5.97 Å². The summed E-state index contributed by atoms with van der Waals surface area (Å²) in [6, 6.07) is 16.2. The molecule has 0 saturated carbocycles. The molecule has 0 spiro atoms. The number of allylic oxidation sites excluding steroid dienone is 1. The Hall–Kier alpha value is -4.92. The summed E-state index contributed by atoms with van der Waals surface area (Å²) in [5.41, 5.74) is 3.97. The molecular weight excluding hydrogens is 484 g/mol. The van der Waals surface area contributed by atoms with Crippen LogP contribution in [0.2, 0.25) is 0 Å². The Kier molecular flexibility index (Phi) is 5.48. The number of nitrogens with zero attached hydrogens (tertiary/aromatic N) is 4. The van der Waals surface area contributed by atoms with Gasteiger partial charge in [-0.25, -0.2) is 14.8 Å². The monoisotopic (exact) mass is 508 g/mol. The van der Waals surface area contributed by atoms with Crippen LogP contribution < -0.4 is 15.3 Å². The van der Waals surface area contributed by atoms with E-state index in [2.05, 4.69) is 4.98 Å². The van der Waals surface area contributed by atoms with E-state index in [1.165, 1.54) is 35.0 Å². The second-order valence-corrected chi connectivity index (χ2v) is 9.08. The minimum Gasteiger partial charge on any atom is -0.482 e. The van der Waals surface area contributed by atoms with Crippen LogP contribution in [0, 0.1) is 6.92 Å². The number of methoxy groups -OCH3 is 2. The van der Waals surface area contributed by atoms with Crippen LogP contribution in [-0.4, -0.2) is 40.3 Å². The van der Waals surface area contributed by atoms with Crippen molar-refractivity contribution in [3.63, 3.8) is 0 Å². The van der Waals surface area contributed by atoms with Gasteiger partial charge in [-0.05, 0) is 43.5 Å². The number of carbonyl (C=O) groups is 2. The number of amides is 1. The number of fused-ring (bicyclic) bond motifs is 1. The molecule has 2 aromatic heterocycles. The van der Waals surface area contributed by atoms with Gasteiger partial charge in [0.05, 0.1) is 53.8 Å². The SMILES string of the molecule is COC(=O)c1ccc2c(=O)n(N3C=C(c4ccccc4)n4c(OC)cc5c4C(=CCC5)C3=O)c(C)nc2c1. The van der Waals surface area contributed by atoms with Gasteiger partial charge in [-0.3, -0.25) is 14.2 Å².